The van der Waals surface area contributed by atoms with Crippen molar-refractivity contribution in [2.75, 3.05) is 19.6 Å². The minimum atomic E-state index is -3.41. The fourth-order valence-corrected chi connectivity index (χ4v) is 4.30. The Bertz CT molecular complexity index is 331. The first-order chi connectivity index (χ1) is 8.49. The Balaban J connectivity index is 2.83. The van der Waals surface area contributed by atoms with Gasteiger partial charge in [-0.15, -0.1) is 0 Å². The summed E-state index contributed by atoms with van der Waals surface area (Å²) in [6, 6.07) is 0. The van der Waals surface area contributed by atoms with Gasteiger partial charge in [0.2, 0.25) is 0 Å². The maximum atomic E-state index is 12.3. The van der Waals surface area contributed by atoms with E-state index < -0.39 is 15.7 Å². The SMILES string of the molecule is CCN(CC)S(=O)(=O)NC1(CN)CCCCCC1. The number of nitrogens with zero attached hydrogens (tertiary/aromatic N) is 1. The fraction of sp³-hybridized carbons (Fsp3) is 1.00. The molecule has 6 heteroatoms. The van der Waals surface area contributed by atoms with Crippen molar-refractivity contribution >= 4 is 10.2 Å². The van der Waals surface area contributed by atoms with Crippen LogP contribution in [0.3, 0.4) is 0 Å². The van der Waals surface area contributed by atoms with Gasteiger partial charge in [-0.3, -0.25) is 0 Å². The van der Waals surface area contributed by atoms with Crippen LogP contribution in [0.25, 0.3) is 0 Å². The van der Waals surface area contributed by atoms with Crippen molar-refractivity contribution in [3.63, 3.8) is 0 Å². The predicted octanol–water partition coefficient (Wildman–Crippen LogP) is 1.21. The van der Waals surface area contributed by atoms with E-state index >= 15 is 0 Å². The summed E-state index contributed by atoms with van der Waals surface area (Å²) in [4.78, 5) is 0. The van der Waals surface area contributed by atoms with E-state index in [1.165, 1.54) is 17.1 Å². The lowest BCUT2D eigenvalue weighted by molar-refractivity contribution is 0.325. The molecule has 0 heterocycles. The third-order valence-electron chi connectivity index (χ3n) is 3.84. The quantitative estimate of drug-likeness (QED) is 0.717. The minimum absolute atomic E-state index is 0.382. The van der Waals surface area contributed by atoms with Gasteiger partial charge >= 0.3 is 0 Å². The van der Waals surface area contributed by atoms with E-state index in [1.807, 2.05) is 13.8 Å². The molecule has 0 radical (unpaired) electrons. The highest BCUT2D eigenvalue weighted by Gasteiger charge is 2.35. The Morgan fingerprint density at radius 3 is 2.00 bits per heavy atom. The lowest BCUT2D eigenvalue weighted by atomic mass is 9.92. The van der Waals surface area contributed by atoms with Crippen LogP contribution in [0.2, 0.25) is 0 Å². The molecule has 0 spiro atoms. The summed E-state index contributed by atoms with van der Waals surface area (Å²) >= 11 is 0. The second-order valence-corrected chi connectivity index (χ2v) is 6.76. The monoisotopic (exact) mass is 277 g/mol. The van der Waals surface area contributed by atoms with E-state index in [0.717, 1.165) is 25.7 Å². The molecule has 1 fully saturated rings. The van der Waals surface area contributed by atoms with Crippen LogP contribution in [-0.2, 0) is 10.2 Å². The molecular formula is C12H27N3O2S. The number of hydrogen-bond donors (Lipinski definition) is 2. The van der Waals surface area contributed by atoms with E-state index in [9.17, 15) is 8.42 Å². The molecule has 0 atom stereocenters. The van der Waals surface area contributed by atoms with Crippen LogP contribution in [0.1, 0.15) is 52.4 Å². The van der Waals surface area contributed by atoms with Crippen molar-refractivity contribution < 1.29 is 8.42 Å². The molecule has 0 amide bonds. The highest BCUT2D eigenvalue weighted by atomic mass is 32.2. The smallest absolute Gasteiger partial charge is 0.279 e. The van der Waals surface area contributed by atoms with Gasteiger partial charge in [-0.1, -0.05) is 39.5 Å². The molecule has 3 N–H and O–H groups in total. The van der Waals surface area contributed by atoms with Crippen molar-refractivity contribution in [1.82, 2.24) is 9.03 Å². The zero-order valence-electron chi connectivity index (χ0n) is 11.6. The molecule has 1 aliphatic carbocycles. The van der Waals surface area contributed by atoms with Crippen LogP contribution in [0, 0.1) is 0 Å². The van der Waals surface area contributed by atoms with Crippen LogP contribution in [-0.4, -0.2) is 37.9 Å². The Morgan fingerprint density at radius 2 is 1.61 bits per heavy atom. The maximum Gasteiger partial charge on any atom is 0.279 e. The summed E-state index contributed by atoms with van der Waals surface area (Å²) in [7, 11) is -3.41. The minimum Gasteiger partial charge on any atom is -0.329 e. The molecule has 0 bridgehead atoms. The van der Waals surface area contributed by atoms with Crippen molar-refractivity contribution in [3.8, 4) is 0 Å². The number of hydrogen-bond acceptors (Lipinski definition) is 3. The van der Waals surface area contributed by atoms with Gasteiger partial charge in [0.15, 0.2) is 0 Å². The second kappa shape index (κ2) is 6.84. The summed E-state index contributed by atoms with van der Waals surface area (Å²) in [6.07, 6.45) is 6.16. The van der Waals surface area contributed by atoms with Gasteiger partial charge in [0.25, 0.3) is 10.2 Å². The first kappa shape index (κ1) is 15.9. The number of nitrogens with two attached hydrogens (primary N) is 1. The molecule has 108 valence electrons. The third kappa shape index (κ3) is 3.91. The third-order valence-corrected chi connectivity index (χ3v) is 5.73. The van der Waals surface area contributed by atoms with Gasteiger partial charge in [0.1, 0.15) is 0 Å². The lowest BCUT2D eigenvalue weighted by Crippen LogP contribution is -2.57. The molecule has 0 aromatic heterocycles. The van der Waals surface area contributed by atoms with E-state index in [0.29, 0.717) is 19.6 Å². The van der Waals surface area contributed by atoms with E-state index in [2.05, 4.69) is 4.72 Å². The molecule has 0 unspecified atom stereocenters. The van der Waals surface area contributed by atoms with Crippen LogP contribution >= 0.6 is 0 Å². The lowest BCUT2D eigenvalue weighted by Gasteiger charge is -2.34. The van der Waals surface area contributed by atoms with Gasteiger partial charge in [-0.25, -0.2) is 0 Å². The second-order valence-electron chi connectivity index (χ2n) is 5.09. The van der Waals surface area contributed by atoms with Crippen LogP contribution in [0.15, 0.2) is 0 Å². The predicted molar refractivity (Wildman–Crippen MR) is 74.5 cm³/mol. The van der Waals surface area contributed by atoms with Gasteiger partial charge in [-0.2, -0.15) is 17.4 Å². The van der Waals surface area contributed by atoms with Crippen LogP contribution < -0.4 is 10.5 Å². The highest BCUT2D eigenvalue weighted by molar-refractivity contribution is 7.87. The van der Waals surface area contributed by atoms with Crippen LogP contribution in [0.4, 0.5) is 0 Å². The van der Waals surface area contributed by atoms with E-state index in [4.69, 9.17) is 5.73 Å². The first-order valence-electron chi connectivity index (χ1n) is 6.99. The van der Waals surface area contributed by atoms with E-state index in [-0.39, 0.29) is 0 Å². The van der Waals surface area contributed by atoms with Gasteiger partial charge < -0.3 is 5.73 Å². The van der Waals surface area contributed by atoms with Crippen LogP contribution in [0.5, 0.6) is 0 Å². The average Bonchev–Trinajstić information content (AvgIpc) is 2.56. The standard InChI is InChI=1S/C12H27N3O2S/c1-3-15(4-2)18(16,17)14-12(11-13)9-7-5-6-8-10-12/h14H,3-11,13H2,1-2H3. The zero-order valence-corrected chi connectivity index (χ0v) is 12.4. The normalized spacial score (nSPS) is 20.9. The Morgan fingerprint density at radius 1 is 1.11 bits per heavy atom. The first-order valence-corrected chi connectivity index (χ1v) is 8.43. The zero-order chi connectivity index (χ0) is 13.6. The van der Waals surface area contributed by atoms with E-state index in [1.54, 1.807) is 0 Å². The van der Waals surface area contributed by atoms with Gasteiger partial charge in [0, 0.05) is 25.2 Å². The van der Waals surface area contributed by atoms with Crippen molar-refractivity contribution in [3.05, 3.63) is 0 Å². The topological polar surface area (TPSA) is 75.4 Å². The Labute approximate surface area is 111 Å². The summed E-state index contributed by atoms with van der Waals surface area (Å²) in [5.74, 6) is 0. The molecule has 5 nitrogen and oxygen atoms in total. The molecule has 1 saturated carbocycles. The Kier molecular flexibility index (Phi) is 6.04. The average molecular weight is 277 g/mol. The maximum absolute atomic E-state index is 12.3. The molecular weight excluding hydrogens is 250 g/mol. The summed E-state index contributed by atoms with van der Waals surface area (Å²) in [5, 5.41) is 0. The number of rotatable bonds is 6. The molecule has 18 heavy (non-hydrogen) atoms. The number of nitrogens with one attached hydrogen (secondary N) is 1. The summed E-state index contributed by atoms with van der Waals surface area (Å²) in [5.41, 5.74) is 5.42. The highest BCUT2D eigenvalue weighted by Crippen LogP contribution is 2.27. The largest absolute Gasteiger partial charge is 0.329 e. The van der Waals surface area contributed by atoms with Crippen molar-refractivity contribution in [1.29, 1.82) is 0 Å². The molecule has 1 aliphatic rings. The fourth-order valence-electron chi connectivity index (χ4n) is 2.65. The molecule has 1 rings (SSSR count). The Hall–Kier alpha value is -0.170. The molecule has 0 aromatic rings. The van der Waals surface area contributed by atoms with Crippen molar-refractivity contribution in [2.45, 2.75) is 57.9 Å². The van der Waals surface area contributed by atoms with Gasteiger partial charge in [-0.05, 0) is 12.8 Å². The summed E-state index contributed by atoms with van der Waals surface area (Å²) < 4.78 is 28.9. The molecule has 0 aliphatic heterocycles. The van der Waals surface area contributed by atoms with Crippen molar-refractivity contribution in [2.24, 2.45) is 5.73 Å². The van der Waals surface area contributed by atoms with Gasteiger partial charge in [0.05, 0.1) is 0 Å². The molecule has 0 saturated heterocycles. The summed E-state index contributed by atoms with van der Waals surface area (Å²) in [6.45, 7) is 5.07. The molecule has 0 aromatic carbocycles.